The average molecular weight is 568 g/mol. The van der Waals surface area contributed by atoms with Crippen molar-refractivity contribution in [1.29, 1.82) is 0 Å². The fourth-order valence-electron chi connectivity index (χ4n) is 5.35. The molecule has 12 heteroatoms. The summed E-state index contributed by atoms with van der Waals surface area (Å²) in [5, 5.41) is 0. The fourth-order valence-corrected chi connectivity index (χ4v) is 7.08. The van der Waals surface area contributed by atoms with Gasteiger partial charge in [-0.15, -0.1) is 0 Å². The lowest BCUT2D eigenvalue weighted by Gasteiger charge is -2.34. The van der Waals surface area contributed by atoms with Gasteiger partial charge in [-0.2, -0.15) is 26.3 Å². The number of hydrogen-bond donors (Lipinski definition) is 0. The van der Waals surface area contributed by atoms with E-state index in [4.69, 9.17) is 0 Å². The maximum atomic E-state index is 14.6. The zero-order valence-corrected chi connectivity index (χ0v) is 20.9. The highest BCUT2D eigenvalue weighted by atomic mass is 32.2. The van der Waals surface area contributed by atoms with Crippen LogP contribution in [0.3, 0.4) is 0 Å². The van der Waals surface area contributed by atoms with Gasteiger partial charge in [0.25, 0.3) is 0 Å². The van der Waals surface area contributed by atoms with Gasteiger partial charge in [0.2, 0.25) is 5.91 Å². The van der Waals surface area contributed by atoms with Crippen LogP contribution in [0.15, 0.2) is 53.4 Å². The molecular weight excluding hydrogens is 542 g/mol. The van der Waals surface area contributed by atoms with E-state index in [0.717, 1.165) is 43.5 Å². The second-order valence-electron chi connectivity index (χ2n) is 9.79. The lowest BCUT2D eigenvalue weighted by Crippen LogP contribution is -2.50. The predicted molar refractivity (Wildman–Crippen MR) is 124 cm³/mol. The molecule has 1 aliphatic carbocycles. The van der Waals surface area contributed by atoms with Crippen molar-refractivity contribution < 1.29 is 44.5 Å². The Bertz CT molecular complexity index is 1120. The number of carbonyl (C=O) groups excluding carboxylic acids is 1. The molecular formula is C26H25F8NO2S. The van der Waals surface area contributed by atoms with E-state index in [9.17, 15) is 44.5 Å². The molecule has 2 fully saturated rings. The Morgan fingerprint density at radius 3 is 1.95 bits per heavy atom. The molecule has 3 nitrogen and oxygen atoms in total. The van der Waals surface area contributed by atoms with Crippen molar-refractivity contribution in [2.24, 2.45) is 5.92 Å². The van der Waals surface area contributed by atoms with Crippen molar-refractivity contribution in [1.82, 2.24) is 4.90 Å². The van der Waals surface area contributed by atoms with E-state index in [2.05, 4.69) is 0 Å². The van der Waals surface area contributed by atoms with Crippen LogP contribution in [0.25, 0.3) is 0 Å². The van der Waals surface area contributed by atoms with Crippen molar-refractivity contribution >= 4 is 17.1 Å². The number of carbonyl (C=O) groups is 1. The number of halogens is 8. The Balaban J connectivity index is 1.73. The van der Waals surface area contributed by atoms with Crippen molar-refractivity contribution in [2.45, 2.75) is 66.2 Å². The maximum Gasteiger partial charge on any atom is 0.435 e. The van der Waals surface area contributed by atoms with E-state index in [1.807, 2.05) is 0 Å². The summed E-state index contributed by atoms with van der Waals surface area (Å²) in [4.78, 5) is 14.9. The first-order chi connectivity index (χ1) is 17.7. The van der Waals surface area contributed by atoms with E-state index in [0.29, 0.717) is 25.0 Å². The summed E-state index contributed by atoms with van der Waals surface area (Å²) in [5.74, 6) is -0.952. The van der Waals surface area contributed by atoms with E-state index >= 15 is 0 Å². The fraction of sp³-hybridized carbons (Fsp3) is 0.500. The molecule has 0 spiro atoms. The van der Waals surface area contributed by atoms with Crippen molar-refractivity contribution in [3.63, 3.8) is 0 Å². The highest BCUT2D eigenvalue weighted by Crippen LogP contribution is 2.54. The van der Waals surface area contributed by atoms with Gasteiger partial charge >= 0.3 is 18.0 Å². The molecule has 38 heavy (non-hydrogen) atoms. The largest absolute Gasteiger partial charge is 0.611 e. The van der Waals surface area contributed by atoms with Gasteiger partial charge in [0.05, 0.1) is 6.54 Å². The number of alkyl halides is 7. The minimum absolute atomic E-state index is 0.0914. The number of hydrogen-bond acceptors (Lipinski definition) is 2. The Morgan fingerprint density at radius 2 is 1.42 bits per heavy atom. The zero-order valence-electron chi connectivity index (χ0n) is 20.0. The molecule has 1 heterocycles. The molecule has 0 N–H and O–H groups in total. The van der Waals surface area contributed by atoms with Gasteiger partial charge < -0.3 is 9.45 Å². The molecule has 1 unspecified atom stereocenters. The molecule has 1 saturated heterocycles. The standard InChI is InChI=1S/C26H25F8NO2S/c27-20-10-12-21(13-11-20)38(37)23(14-15-35(16-23)22(36)17-4-2-1-3-5-17)18-6-8-19(9-7-18)24(28,25(29,30)31)26(32,33)34/h6-13,17H,1-5,14-16H2/t23-,38?/m1/s1. The van der Waals surface area contributed by atoms with Gasteiger partial charge in [0, 0.05) is 30.0 Å². The summed E-state index contributed by atoms with van der Waals surface area (Å²) in [6.45, 7) is 0.0626. The molecule has 4 rings (SSSR count). The first-order valence-corrected chi connectivity index (χ1v) is 13.3. The van der Waals surface area contributed by atoms with Crippen molar-refractivity contribution in [3.05, 3.63) is 65.5 Å². The summed E-state index contributed by atoms with van der Waals surface area (Å²) >= 11 is -1.98. The number of benzene rings is 2. The summed E-state index contributed by atoms with van der Waals surface area (Å²) < 4.78 is 120. The number of amides is 1. The third kappa shape index (κ3) is 5.01. The normalized spacial score (nSPS) is 22.5. The number of rotatable bonds is 5. The lowest BCUT2D eigenvalue weighted by atomic mass is 9.88. The maximum absolute atomic E-state index is 14.6. The smallest absolute Gasteiger partial charge is 0.435 e. The molecule has 2 aromatic rings. The Kier molecular flexibility index (Phi) is 7.79. The molecule has 2 atom stereocenters. The van der Waals surface area contributed by atoms with Crippen LogP contribution < -0.4 is 0 Å². The second-order valence-corrected chi connectivity index (χ2v) is 11.6. The molecule has 0 radical (unpaired) electrons. The Morgan fingerprint density at radius 1 is 0.868 bits per heavy atom. The molecule has 2 aliphatic rings. The summed E-state index contributed by atoms with van der Waals surface area (Å²) in [7, 11) is 0. The highest BCUT2D eigenvalue weighted by Gasteiger charge is 2.73. The van der Waals surface area contributed by atoms with E-state index in [1.54, 1.807) is 0 Å². The Labute approximate surface area is 217 Å². The van der Waals surface area contributed by atoms with Gasteiger partial charge in [0.15, 0.2) is 9.64 Å². The molecule has 1 amide bonds. The van der Waals surface area contributed by atoms with E-state index < -0.39 is 45.3 Å². The third-order valence-corrected chi connectivity index (χ3v) is 9.45. The predicted octanol–water partition coefficient (Wildman–Crippen LogP) is 6.93. The Hall–Kier alpha value is -2.34. The lowest BCUT2D eigenvalue weighted by molar-refractivity contribution is -0.348. The molecule has 0 bridgehead atoms. The average Bonchev–Trinajstić information content (AvgIpc) is 3.34. The molecule has 1 aliphatic heterocycles. The monoisotopic (exact) mass is 567 g/mol. The quantitative estimate of drug-likeness (QED) is 0.291. The summed E-state index contributed by atoms with van der Waals surface area (Å²) in [6, 6.07) is 7.29. The first kappa shape index (κ1) is 28.7. The van der Waals surface area contributed by atoms with Gasteiger partial charge in [-0.25, -0.2) is 8.78 Å². The molecule has 0 aromatic heterocycles. The van der Waals surface area contributed by atoms with Gasteiger partial charge in [0.1, 0.15) is 5.82 Å². The van der Waals surface area contributed by atoms with Crippen LogP contribution in [-0.4, -0.2) is 40.8 Å². The van der Waals surface area contributed by atoms with Gasteiger partial charge in [-0.05, 0) is 48.3 Å². The van der Waals surface area contributed by atoms with Crippen molar-refractivity contribution in [2.75, 3.05) is 13.1 Å². The van der Waals surface area contributed by atoms with Gasteiger partial charge in [-0.1, -0.05) is 43.5 Å². The van der Waals surface area contributed by atoms with Crippen LogP contribution in [0.5, 0.6) is 0 Å². The van der Waals surface area contributed by atoms with Crippen LogP contribution in [0.1, 0.15) is 49.7 Å². The molecule has 208 valence electrons. The van der Waals surface area contributed by atoms with E-state index in [-0.39, 0.29) is 41.8 Å². The second kappa shape index (κ2) is 10.3. The molecule has 1 saturated carbocycles. The number of likely N-dealkylation sites (tertiary alicyclic amines) is 1. The SMILES string of the molecule is O=C(C1CCCCC1)N1CC[C@@](c2ccc(C(F)(C(F)(F)F)C(F)(F)F)cc2)([S+]([O-])c2ccc(F)cc2)C1. The third-order valence-electron chi connectivity index (χ3n) is 7.47. The minimum Gasteiger partial charge on any atom is -0.611 e. The van der Waals surface area contributed by atoms with E-state index in [1.165, 1.54) is 17.0 Å². The van der Waals surface area contributed by atoms with Gasteiger partial charge in [-0.3, -0.25) is 4.79 Å². The minimum atomic E-state index is -6.27. The highest BCUT2D eigenvalue weighted by molar-refractivity contribution is 7.92. The van der Waals surface area contributed by atoms with Crippen LogP contribution in [0, 0.1) is 11.7 Å². The van der Waals surface area contributed by atoms with Crippen LogP contribution in [-0.2, 0) is 26.4 Å². The first-order valence-electron chi connectivity index (χ1n) is 12.1. The number of nitrogens with zero attached hydrogens (tertiary/aromatic N) is 1. The van der Waals surface area contributed by atoms with Crippen molar-refractivity contribution in [3.8, 4) is 0 Å². The summed E-state index contributed by atoms with van der Waals surface area (Å²) in [5.41, 5.74) is -7.16. The topological polar surface area (TPSA) is 43.4 Å². The summed E-state index contributed by atoms with van der Waals surface area (Å²) in [6.07, 6.45) is -8.24. The van der Waals surface area contributed by atoms with Crippen LogP contribution in [0.2, 0.25) is 0 Å². The van der Waals surface area contributed by atoms with Crippen LogP contribution >= 0.6 is 0 Å². The molecule has 2 aromatic carbocycles. The van der Waals surface area contributed by atoms with Crippen LogP contribution in [0.4, 0.5) is 35.1 Å². The zero-order chi connectivity index (χ0) is 27.9.